The second kappa shape index (κ2) is 7.16. The zero-order chi connectivity index (χ0) is 16.9. The van der Waals surface area contributed by atoms with Crippen molar-refractivity contribution >= 4 is 11.6 Å². The van der Waals surface area contributed by atoms with Crippen LogP contribution in [0.1, 0.15) is 16.8 Å². The van der Waals surface area contributed by atoms with E-state index in [0.29, 0.717) is 36.0 Å². The summed E-state index contributed by atoms with van der Waals surface area (Å²) >= 11 is 0. The lowest BCUT2D eigenvalue weighted by atomic mass is 10.2. The molecular weight excluding hydrogens is 320 g/mol. The average molecular weight is 335 g/mol. The van der Waals surface area contributed by atoms with Gasteiger partial charge in [-0.3, -0.25) is 4.79 Å². The Morgan fingerprint density at radius 3 is 2.46 bits per heavy atom. The molecule has 126 valence electrons. The number of hydrogen-bond donors (Lipinski definition) is 1. The monoisotopic (exact) mass is 335 g/mol. The molecule has 0 radical (unpaired) electrons. The number of benzene rings is 2. The molecule has 2 aromatic rings. The van der Waals surface area contributed by atoms with Crippen molar-refractivity contribution < 1.29 is 27.8 Å². The normalized spacial score (nSPS) is 13.3. The molecule has 0 aliphatic carbocycles. The molecule has 0 atom stereocenters. The largest absolute Gasteiger partial charge is 0.490 e. The van der Waals surface area contributed by atoms with Crippen LogP contribution in [0.4, 0.5) is 14.5 Å². The lowest BCUT2D eigenvalue weighted by molar-refractivity contribution is -0.0498. The Bertz CT molecular complexity index is 719. The molecular formula is C17H15F2NO4. The van der Waals surface area contributed by atoms with E-state index in [1.54, 1.807) is 18.2 Å². The van der Waals surface area contributed by atoms with Crippen LogP contribution in [0.15, 0.2) is 42.5 Å². The van der Waals surface area contributed by atoms with Gasteiger partial charge < -0.3 is 19.5 Å². The smallest absolute Gasteiger partial charge is 0.387 e. The van der Waals surface area contributed by atoms with E-state index in [1.165, 1.54) is 24.3 Å². The Morgan fingerprint density at radius 2 is 1.75 bits per heavy atom. The number of fused-ring (bicyclic) bond motifs is 1. The van der Waals surface area contributed by atoms with E-state index in [1.807, 2.05) is 0 Å². The zero-order valence-electron chi connectivity index (χ0n) is 12.6. The summed E-state index contributed by atoms with van der Waals surface area (Å²) in [6, 6.07) is 10.6. The fraction of sp³-hybridized carbons (Fsp3) is 0.235. The molecule has 1 heterocycles. The first kappa shape index (κ1) is 16.0. The number of anilines is 1. The molecule has 7 heteroatoms. The maximum absolute atomic E-state index is 12.2. The minimum Gasteiger partial charge on any atom is -0.490 e. The van der Waals surface area contributed by atoms with E-state index in [9.17, 15) is 13.6 Å². The predicted molar refractivity (Wildman–Crippen MR) is 83.1 cm³/mol. The first-order chi connectivity index (χ1) is 11.6. The second-order valence-corrected chi connectivity index (χ2v) is 5.07. The summed E-state index contributed by atoms with van der Waals surface area (Å²) in [4.78, 5) is 12.2. The number of hydrogen-bond acceptors (Lipinski definition) is 4. The van der Waals surface area contributed by atoms with Gasteiger partial charge in [0.2, 0.25) is 0 Å². The molecule has 1 aliphatic rings. The van der Waals surface area contributed by atoms with E-state index in [-0.39, 0.29) is 11.7 Å². The van der Waals surface area contributed by atoms with Crippen LogP contribution < -0.4 is 19.5 Å². The standard InChI is InChI=1S/C17H15F2NO4/c18-17(19)24-13-5-2-11(3-6-13)16(21)20-12-4-7-14-15(10-12)23-9-1-8-22-14/h2-7,10,17H,1,8-9H2,(H,20,21). The maximum atomic E-state index is 12.2. The van der Waals surface area contributed by atoms with Gasteiger partial charge in [0, 0.05) is 23.7 Å². The number of ether oxygens (including phenoxy) is 3. The third kappa shape index (κ3) is 3.92. The highest BCUT2D eigenvalue weighted by atomic mass is 19.3. The van der Waals surface area contributed by atoms with Crippen LogP contribution in [0.3, 0.4) is 0 Å². The topological polar surface area (TPSA) is 56.8 Å². The van der Waals surface area contributed by atoms with Crippen molar-refractivity contribution in [2.75, 3.05) is 18.5 Å². The minimum absolute atomic E-state index is 0.00266. The van der Waals surface area contributed by atoms with Gasteiger partial charge in [-0.15, -0.1) is 0 Å². The van der Waals surface area contributed by atoms with Crippen molar-refractivity contribution in [2.45, 2.75) is 13.0 Å². The van der Waals surface area contributed by atoms with Crippen molar-refractivity contribution in [1.82, 2.24) is 0 Å². The summed E-state index contributed by atoms with van der Waals surface area (Å²) in [5.74, 6) is 0.843. The molecule has 24 heavy (non-hydrogen) atoms. The van der Waals surface area contributed by atoms with Crippen molar-refractivity contribution in [3.05, 3.63) is 48.0 Å². The average Bonchev–Trinajstić information content (AvgIpc) is 2.80. The minimum atomic E-state index is -2.90. The highest BCUT2D eigenvalue weighted by Crippen LogP contribution is 2.32. The summed E-state index contributed by atoms with van der Waals surface area (Å²) in [6.45, 7) is -1.76. The van der Waals surface area contributed by atoms with Crippen LogP contribution in [0, 0.1) is 0 Å². The number of amides is 1. The van der Waals surface area contributed by atoms with Gasteiger partial charge in [0.1, 0.15) is 5.75 Å². The maximum Gasteiger partial charge on any atom is 0.387 e. The zero-order valence-corrected chi connectivity index (χ0v) is 12.6. The van der Waals surface area contributed by atoms with Gasteiger partial charge in [-0.1, -0.05) is 0 Å². The SMILES string of the molecule is O=C(Nc1ccc2c(c1)OCCCO2)c1ccc(OC(F)F)cc1. The van der Waals surface area contributed by atoms with Crippen molar-refractivity contribution in [1.29, 1.82) is 0 Å². The van der Waals surface area contributed by atoms with E-state index in [4.69, 9.17) is 9.47 Å². The van der Waals surface area contributed by atoms with E-state index >= 15 is 0 Å². The van der Waals surface area contributed by atoms with Gasteiger partial charge >= 0.3 is 6.61 Å². The van der Waals surface area contributed by atoms with E-state index in [2.05, 4.69) is 10.1 Å². The van der Waals surface area contributed by atoms with Crippen LogP contribution in [-0.4, -0.2) is 25.7 Å². The molecule has 1 amide bonds. The Morgan fingerprint density at radius 1 is 1.04 bits per heavy atom. The summed E-state index contributed by atoms with van der Waals surface area (Å²) < 4.78 is 39.6. The van der Waals surface area contributed by atoms with Gasteiger partial charge in [0.25, 0.3) is 5.91 Å². The number of rotatable bonds is 4. The Hall–Kier alpha value is -2.83. The number of halogens is 2. The second-order valence-electron chi connectivity index (χ2n) is 5.07. The Labute approximate surface area is 137 Å². The molecule has 0 unspecified atom stereocenters. The molecule has 1 aliphatic heterocycles. The van der Waals surface area contributed by atoms with E-state index < -0.39 is 6.61 Å². The van der Waals surface area contributed by atoms with Gasteiger partial charge in [0.15, 0.2) is 11.5 Å². The first-order valence-corrected chi connectivity index (χ1v) is 7.38. The fourth-order valence-corrected chi connectivity index (χ4v) is 2.23. The third-order valence-electron chi connectivity index (χ3n) is 3.35. The molecule has 0 aromatic heterocycles. The third-order valence-corrected chi connectivity index (χ3v) is 3.35. The van der Waals surface area contributed by atoms with Crippen molar-refractivity contribution in [3.8, 4) is 17.2 Å². The molecule has 0 saturated heterocycles. The molecule has 0 saturated carbocycles. The summed E-state index contributed by atoms with van der Waals surface area (Å²) in [7, 11) is 0. The molecule has 3 rings (SSSR count). The summed E-state index contributed by atoms with van der Waals surface area (Å²) in [5, 5.41) is 2.73. The molecule has 2 aromatic carbocycles. The quantitative estimate of drug-likeness (QED) is 0.926. The molecule has 1 N–H and O–H groups in total. The van der Waals surface area contributed by atoms with Crippen molar-refractivity contribution in [3.63, 3.8) is 0 Å². The molecule has 0 bridgehead atoms. The number of nitrogens with one attached hydrogen (secondary N) is 1. The Balaban J connectivity index is 1.69. The van der Waals surface area contributed by atoms with Crippen molar-refractivity contribution in [2.24, 2.45) is 0 Å². The lowest BCUT2D eigenvalue weighted by Gasteiger charge is -2.11. The summed E-state index contributed by atoms with van der Waals surface area (Å²) in [5.41, 5.74) is 0.876. The highest BCUT2D eigenvalue weighted by molar-refractivity contribution is 6.04. The lowest BCUT2D eigenvalue weighted by Crippen LogP contribution is -2.12. The van der Waals surface area contributed by atoms with Crippen LogP contribution in [0.25, 0.3) is 0 Å². The van der Waals surface area contributed by atoms with Gasteiger partial charge in [-0.25, -0.2) is 0 Å². The number of alkyl halides is 2. The number of carbonyl (C=O) groups is 1. The Kier molecular flexibility index (Phi) is 4.79. The van der Waals surface area contributed by atoms with Crippen LogP contribution in [-0.2, 0) is 0 Å². The van der Waals surface area contributed by atoms with E-state index in [0.717, 1.165) is 6.42 Å². The highest BCUT2D eigenvalue weighted by Gasteiger charge is 2.13. The van der Waals surface area contributed by atoms with Gasteiger partial charge in [0.05, 0.1) is 13.2 Å². The van der Waals surface area contributed by atoms with Crippen LogP contribution in [0.2, 0.25) is 0 Å². The molecule has 5 nitrogen and oxygen atoms in total. The first-order valence-electron chi connectivity index (χ1n) is 7.38. The predicted octanol–water partition coefficient (Wildman–Crippen LogP) is 3.70. The van der Waals surface area contributed by atoms with Crippen LogP contribution in [0.5, 0.6) is 17.2 Å². The summed E-state index contributed by atoms with van der Waals surface area (Å²) in [6.07, 6.45) is 0.795. The number of carbonyl (C=O) groups excluding carboxylic acids is 1. The molecule has 0 spiro atoms. The van der Waals surface area contributed by atoms with Gasteiger partial charge in [-0.2, -0.15) is 8.78 Å². The van der Waals surface area contributed by atoms with Crippen LogP contribution >= 0.6 is 0 Å². The fourth-order valence-electron chi connectivity index (χ4n) is 2.23. The molecule has 0 fully saturated rings. The van der Waals surface area contributed by atoms with Gasteiger partial charge in [-0.05, 0) is 36.4 Å².